The quantitative estimate of drug-likeness (QED) is 0.300. The summed E-state index contributed by atoms with van der Waals surface area (Å²) < 4.78 is 23.7. The van der Waals surface area contributed by atoms with E-state index in [2.05, 4.69) is 42.8 Å². The third kappa shape index (κ3) is 7.33. The van der Waals surface area contributed by atoms with Gasteiger partial charge >= 0.3 is 0 Å². The molecule has 2 unspecified atom stereocenters. The maximum atomic E-state index is 11.8. The third-order valence-corrected chi connectivity index (χ3v) is 9.41. The van der Waals surface area contributed by atoms with E-state index in [1.54, 1.807) is 18.2 Å². The van der Waals surface area contributed by atoms with Crippen LogP contribution >= 0.6 is 31.1 Å². The van der Waals surface area contributed by atoms with Crippen LogP contribution in [-0.2, 0) is 22.7 Å². The van der Waals surface area contributed by atoms with E-state index in [4.69, 9.17) is 23.2 Å². The Labute approximate surface area is 214 Å². The van der Waals surface area contributed by atoms with Crippen LogP contribution in [0.3, 0.4) is 0 Å². The fourth-order valence-corrected chi connectivity index (χ4v) is 6.83. The molecule has 0 spiro atoms. The number of aryl methyl sites for hydroxylation is 1. The Hall–Kier alpha value is -1.84. The standard InChI is InChI=1S/C27H30Cl2NO2PS/c1-19(15-21-9-8-12-24(16-21)34(4,31)32)30-20(2)27-25(28)17-22(18-26(27)29)13-14-33(3)23-10-6-5-7-11-23/h5-12,16-19,30H,2,13-15H2,1,3-4H3. The number of hydrogen-bond acceptors (Lipinski definition) is 3. The van der Waals surface area contributed by atoms with Gasteiger partial charge in [-0.25, -0.2) is 8.42 Å². The summed E-state index contributed by atoms with van der Waals surface area (Å²) in [6.45, 7) is 8.46. The fourth-order valence-electron chi connectivity index (χ4n) is 3.84. The molecule has 0 aliphatic heterocycles. The van der Waals surface area contributed by atoms with E-state index >= 15 is 0 Å². The second kappa shape index (κ2) is 11.7. The van der Waals surface area contributed by atoms with Gasteiger partial charge in [-0.2, -0.15) is 0 Å². The molecule has 1 N–H and O–H groups in total. The van der Waals surface area contributed by atoms with Gasteiger partial charge in [-0.05, 0) is 73.3 Å². The zero-order chi connectivity index (χ0) is 24.9. The molecule has 0 aliphatic carbocycles. The predicted molar refractivity (Wildman–Crippen MR) is 149 cm³/mol. The van der Waals surface area contributed by atoms with Gasteiger partial charge < -0.3 is 5.32 Å². The number of benzene rings is 3. The van der Waals surface area contributed by atoms with Crippen LogP contribution in [0.5, 0.6) is 0 Å². The second-order valence-corrected chi connectivity index (χ2v) is 13.8. The Kier molecular flexibility index (Phi) is 9.23. The molecule has 0 aliphatic rings. The third-order valence-electron chi connectivity index (χ3n) is 5.63. The van der Waals surface area contributed by atoms with E-state index in [1.807, 2.05) is 31.2 Å². The van der Waals surface area contributed by atoms with Crippen LogP contribution in [0.25, 0.3) is 5.70 Å². The summed E-state index contributed by atoms with van der Waals surface area (Å²) in [4.78, 5) is 0.320. The monoisotopic (exact) mass is 533 g/mol. The second-order valence-electron chi connectivity index (χ2n) is 8.59. The molecule has 180 valence electrons. The highest BCUT2D eigenvalue weighted by Crippen LogP contribution is 2.34. The van der Waals surface area contributed by atoms with Crippen LogP contribution in [0, 0.1) is 0 Å². The van der Waals surface area contributed by atoms with E-state index in [9.17, 15) is 8.42 Å². The van der Waals surface area contributed by atoms with Gasteiger partial charge in [0, 0.05) is 23.6 Å². The van der Waals surface area contributed by atoms with Gasteiger partial charge in [-0.1, -0.05) is 80.2 Å². The van der Waals surface area contributed by atoms with Gasteiger partial charge in [0.25, 0.3) is 0 Å². The predicted octanol–water partition coefficient (Wildman–Crippen LogP) is 6.57. The maximum absolute atomic E-state index is 11.8. The molecule has 0 bridgehead atoms. The molecule has 0 fully saturated rings. The van der Waals surface area contributed by atoms with Gasteiger partial charge in [-0.3, -0.25) is 0 Å². The average molecular weight is 534 g/mol. The van der Waals surface area contributed by atoms with Gasteiger partial charge in [0.2, 0.25) is 0 Å². The molecule has 0 amide bonds. The fraction of sp³-hybridized carbons (Fsp3) is 0.259. The molecule has 0 heterocycles. The summed E-state index contributed by atoms with van der Waals surface area (Å²) >= 11 is 13.3. The molecule has 7 heteroatoms. The van der Waals surface area contributed by atoms with Crippen LogP contribution in [0.4, 0.5) is 0 Å². The summed E-state index contributed by atoms with van der Waals surface area (Å²) in [5.41, 5.74) is 3.39. The first-order chi connectivity index (χ1) is 16.0. The lowest BCUT2D eigenvalue weighted by atomic mass is 10.0. The molecule has 3 aromatic carbocycles. The van der Waals surface area contributed by atoms with Crippen LogP contribution in [0.2, 0.25) is 10.0 Å². The lowest BCUT2D eigenvalue weighted by molar-refractivity contribution is 0.601. The minimum Gasteiger partial charge on any atom is -0.382 e. The van der Waals surface area contributed by atoms with E-state index in [0.717, 1.165) is 23.7 Å². The molecule has 0 radical (unpaired) electrons. The summed E-state index contributed by atoms with van der Waals surface area (Å²) in [7, 11) is -3.48. The summed E-state index contributed by atoms with van der Waals surface area (Å²) in [5.74, 6) is 0. The minimum atomic E-state index is -3.24. The van der Waals surface area contributed by atoms with E-state index in [0.29, 0.717) is 32.6 Å². The van der Waals surface area contributed by atoms with Crippen LogP contribution < -0.4 is 10.6 Å². The Morgan fingerprint density at radius 3 is 2.26 bits per heavy atom. The topological polar surface area (TPSA) is 46.2 Å². The number of sulfone groups is 1. The molecule has 3 rings (SSSR count). The molecule has 34 heavy (non-hydrogen) atoms. The van der Waals surface area contributed by atoms with Crippen molar-refractivity contribution in [2.45, 2.75) is 30.7 Å². The van der Waals surface area contributed by atoms with Crippen molar-refractivity contribution in [2.24, 2.45) is 0 Å². The average Bonchev–Trinajstić information content (AvgIpc) is 2.77. The van der Waals surface area contributed by atoms with Gasteiger partial charge in [0.1, 0.15) is 0 Å². The van der Waals surface area contributed by atoms with Crippen molar-refractivity contribution < 1.29 is 8.42 Å². The van der Waals surface area contributed by atoms with E-state index in [-0.39, 0.29) is 14.0 Å². The van der Waals surface area contributed by atoms with Crippen molar-refractivity contribution in [2.75, 3.05) is 19.1 Å². The summed E-state index contributed by atoms with van der Waals surface area (Å²) in [6.07, 6.45) is 3.82. The highest BCUT2D eigenvalue weighted by Gasteiger charge is 2.15. The van der Waals surface area contributed by atoms with Crippen molar-refractivity contribution in [3.63, 3.8) is 0 Å². The number of hydrogen-bond donors (Lipinski definition) is 1. The maximum Gasteiger partial charge on any atom is 0.175 e. The Balaban J connectivity index is 1.64. The molecular weight excluding hydrogens is 504 g/mol. The highest BCUT2D eigenvalue weighted by atomic mass is 35.5. The first-order valence-corrected chi connectivity index (χ1v) is 15.7. The van der Waals surface area contributed by atoms with E-state index in [1.165, 1.54) is 11.6 Å². The zero-order valence-corrected chi connectivity index (χ0v) is 22.9. The lowest BCUT2D eigenvalue weighted by Gasteiger charge is -2.20. The number of rotatable bonds is 10. The molecule has 3 nitrogen and oxygen atoms in total. The smallest absolute Gasteiger partial charge is 0.175 e. The van der Waals surface area contributed by atoms with Crippen molar-refractivity contribution in [1.29, 1.82) is 0 Å². The molecule has 3 aromatic rings. The number of nitrogens with one attached hydrogen (secondary N) is 1. The van der Waals surface area contributed by atoms with Crippen molar-refractivity contribution in [1.82, 2.24) is 5.32 Å². The van der Waals surface area contributed by atoms with Crippen molar-refractivity contribution in [3.8, 4) is 0 Å². The van der Waals surface area contributed by atoms with Gasteiger partial charge in [0.05, 0.1) is 14.9 Å². The molecule has 2 atom stereocenters. The molecular formula is C27H30Cl2NO2PS. The van der Waals surface area contributed by atoms with Gasteiger partial charge in [0.15, 0.2) is 9.84 Å². The molecule has 0 aromatic heterocycles. The van der Waals surface area contributed by atoms with Crippen LogP contribution in [0.1, 0.15) is 23.6 Å². The molecule has 0 saturated heterocycles. The zero-order valence-electron chi connectivity index (χ0n) is 19.7. The van der Waals surface area contributed by atoms with Crippen LogP contribution in [-0.4, -0.2) is 33.5 Å². The van der Waals surface area contributed by atoms with Crippen molar-refractivity contribution in [3.05, 3.63) is 100 Å². The largest absolute Gasteiger partial charge is 0.382 e. The number of halogens is 2. The summed E-state index contributed by atoms with van der Waals surface area (Å²) in [6, 6.07) is 21.5. The highest BCUT2D eigenvalue weighted by molar-refractivity contribution is 7.90. The Morgan fingerprint density at radius 2 is 1.65 bits per heavy atom. The summed E-state index contributed by atoms with van der Waals surface area (Å²) in [5, 5.41) is 5.91. The van der Waals surface area contributed by atoms with E-state index < -0.39 is 9.84 Å². The Bertz CT molecular complexity index is 1240. The first-order valence-electron chi connectivity index (χ1n) is 11.0. The van der Waals surface area contributed by atoms with Gasteiger partial charge in [-0.15, -0.1) is 0 Å². The Morgan fingerprint density at radius 1 is 1.00 bits per heavy atom. The minimum absolute atomic E-state index is 0.00337. The SMILES string of the molecule is C=C(NC(C)Cc1cccc(S(C)(=O)=O)c1)c1c(Cl)cc(CCP(C)c2ccccc2)cc1Cl. The normalized spacial score (nSPS) is 13.3. The van der Waals surface area contributed by atoms with Crippen molar-refractivity contribution >= 4 is 52.0 Å². The first kappa shape index (κ1) is 26.8. The van der Waals surface area contributed by atoms with Crippen LogP contribution in [0.15, 0.2) is 78.2 Å². The molecule has 0 saturated carbocycles. The lowest BCUT2D eigenvalue weighted by Crippen LogP contribution is -2.26.